The Labute approximate surface area is 118 Å². The van der Waals surface area contributed by atoms with Crippen molar-refractivity contribution in [2.24, 2.45) is 0 Å². The first-order chi connectivity index (χ1) is 9.16. The van der Waals surface area contributed by atoms with Crippen molar-refractivity contribution in [1.29, 1.82) is 0 Å². The van der Waals surface area contributed by atoms with Crippen LogP contribution in [0.2, 0.25) is 0 Å². The zero-order valence-corrected chi connectivity index (χ0v) is 11.9. The first-order valence-electron chi connectivity index (χ1n) is 5.77. The largest absolute Gasteiger partial charge is 0.269 e. The summed E-state index contributed by atoms with van der Waals surface area (Å²) in [6.45, 7) is 0.357. The lowest BCUT2D eigenvalue weighted by Gasteiger charge is -2.09. The van der Waals surface area contributed by atoms with Crippen molar-refractivity contribution in [2.45, 2.75) is 13.2 Å². The van der Waals surface area contributed by atoms with Gasteiger partial charge in [0, 0.05) is 11.2 Å². The van der Waals surface area contributed by atoms with Gasteiger partial charge in [-0.3, -0.25) is 8.37 Å². The summed E-state index contributed by atoms with van der Waals surface area (Å²) in [5.74, 6) is 0. The monoisotopic (exact) mass is 294 g/mol. The van der Waals surface area contributed by atoms with Gasteiger partial charge in [0.15, 0.2) is 0 Å². The molecule has 0 saturated heterocycles. The molecule has 0 aliphatic rings. The van der Waals surface area contributed by atoms with E-state index in [0.29, 0.717) is 0 Å². The quantitative estimate of drug-likeness (QED) is 0.820. The van der Waals surface area contributed by atoms with Gasteiger partial charge < -0.3 is 0 Å². The molecule has 3 nitrogen and oxygen atoms in total. The van der Waals surface area contributed by atoms with Crippen LogP contribution in [-0.2, 0) is 41.8 Å². The molecule has 100 valence electrons. The topological polar surface area (TPSA) is 35.5 Å². The molecule has 0 fully saturated rings. The highest BCUT2D eigenvalue weighted by molar-refractivity contribution is 8.27. The lowest BCUT2D eigenvalue weighted by atomic mass is 10.2. The van der Waals surface area contributed by atoms with E-state index in [-0.39, 0.29) is 13.2 Å². The molecule has 0 saturated carbocycles. The van der Waals surface area contributed by atoms with Gasteiger partial charge in [-0.1, -0.05) is 60.7 Å². The fraction of sp³-hybridized carbons (Fsp3) is 0.143. The van der Waals surface area contributed by atoms with E-state index in [1.807, 2.05) is 60.7 Å². The van der Waals surface area contributed by atoms with Gasteiger partial charge in [0.1, 0.15) is 0 Å². The normalized spacial score (nSPS) is 11.4. The van der Waals surface area contributed by atoms with Gasteiger partial charge in [-0.25, -0.2) is 0 Å². The van der Waals surface area contributed by atoms with Crippen LogP contribution in [0, 0.1) is 0 Å². The third-order valence-corrected chi connectivity index (χ3v) is 3.82. The molecular weight excluding hydrogens is 280 g/mol. The van der Waals surface area contributed by atoms with Crippen LogP contribution in [0.4, 0.5) is 0 Å². The summed E-state index contributed by atoms with van der Waals surface area (Å²) in [7, 11) is -3.14. The van der Waals surface area contributed by atoms with Crippen molar-refractivity contribution in [3.63, 3.8) is 0 Å². The molecule has 5 heteroatoms. The predicted molar refractivity (Wildman–Crippen MR) is 78.0 cm³/mol. The fourth-order valence-corrected chi connectivity index (χ4v) is 2.38. The van der Waals surface area contributed by atoms with E-state index in [0.717, 1.165) is 11.1 Å². The minimum atomic E-state index is -3.14. The van der Waals surface area contributed by atoms with Gasteiger partial charge in [0.05, 0.1) is 13.2 Å². The number of benzene rings is 2. The second kappa shape index (κ2) is 6.77. The van der Waals surface area contributed by atoms with Crippen LogP contribution in [0.15, 0.2) is 60.7 Å². The Balaban J connectivity index is 1.86. The molecule has 19 heavy (non-hydrogen) atoms. The molecular formula is C14H14O3S2. The summed E-state index contributed by atoms with van der Waals surface area (Å²) in [4.78, 5) is 0. The van der Waals surface area contributed by atoms with E-state index >= 15 is 0 Å². The molecule has 0 atom stereocenters. The Morgan fingerprint density at radius 2 is 1.16 bits per heavy atom. The molecule has 2 rings (SSSR count). The lowest BCUT2D eigenvalue weighted by molar-refractivity contribution is 0.234. The van der Waals surface area contributed by atoms with E-state index in [2.05, 4.69) is 0 Å². The molecule has 0 bridgehead atoms. The van der Waals surface area contributed by atoms with Crippen LogP contribution >= 0.6 is 0 Å². The summed E-state index contributed by atoms with van der Waals surface area (Å²) in [5, 5.41) is 0. The standard InChI is InChI=1S/C14H14O3S2/c15-19(18,16-11-13-7-3-1-4-8-13)17-12-14-9-5-2-6-10-14/h1-10H,11-12H2. The van der Waals surface area contributed by atoms with Crippen LogP contribution in [0.1, 0.15) is 11.1 Å². The molecule has 0 N–H and O–H groups in total. The maximum atomic E-state index is 11.9. The van der Waals surface area contributed by atoms with Crippen molar-refractivity contribution in [2.75, 3.05) is 0 Å². The maximum absolute atomic E-state index is 11.9. The van der Waals surface area contributed by atoms with Crippen LogP contribution in [0.5, 0.6) is 0 Å². The van der Waals surface area contributed by atoms with E-state index in [9.17, 15) is 4.21 Å². The minimum absolute atomic E-state index is 0.179. The average Bonchev–Trinajstić information content (AvgIpc) is 2.46. The Kier molecular flexibility index (Phi) is 5.04. The minimum Gasteiger partial charge on any atom is -0.265 e. The van der Waals surface area contributed by atoms with Crippen molar-refractivity contribution in [1.82, 2.24) is 0 Å². The van der Waals surface area contributed by atoms with E-state index < -0.39 is 9.05 Å². The third-order valence-electron chi connectivity index (χ3n) is 2.43. The highest BCUT2D eigenvalue weighted by atomic mass is 32.9. The van der Waals surface area contributed by atoms with Crippen LogP contribution in [-0.4, -0.2) is 4.21 Å². The molecule has 0 aliphatic heterocycles. The van der Waals surface area contributed by atoms with Crippen LogP contribution in [0.25, 0.3) is 0 Å². The molecule has 0 unspecified atom stereocenters. The Bertz CT molecular complexity index is 546. The van der Waals surface area contributed by atoms with Crippen molar-refractivity contribution >= 4 is 20.2 Å². The Morgan fingerprint density at radius 3 is 1.53 bits per heavy atom. The zero-order valence-electron chi connectivity index (χ0n) is 10.2. The summed E-state index contributed by atoms with van der Waals surface area (Å²) in [6.07, 6.45) is 0. The summed E-state index contributed by atoms with van der Waals surface area (Å²) < 4.78 is 22.2. The first kappa shape index (κ1) is 14.1. The van der Waals surface area contributed by atoms with Gasteiger partial charge in [-0.2, -0.15) is 4.21 Å². The second-order valence-electron chi connectivity index (χ2n) is 3.90. The van der Waals surface area contributed by atoms with E-state index in [1.165, 1.54) is 0 Å². The van der Waals surface area contributed by atoms with Gasteiger partial charge in [0.25, 0.3) is 9.05 Å². The van der Waals surface area contributed by atoms with Crippen molar-refractivity contribution in [3.05, 3.63) is 71.8 Å². The number of hydrogen-bond donors (Lipinski definition) is 0. The van der Waals surface area contributed by atoms with Crippen LogP contribution in [0.3, 0.4) is 0 Å². The fourth-order valence-electron chi connectivity index (χ4n) is 1.46. The molecule has 0 aromatic heterocycles. The predicted octanol–water partition coefficient (Wildman–Crippen LogP) is 3.00. The summed E-state index contributed by atoms with van der Waals surface area (Å²) in [5.41, 5.74) is 1.81. The highest BCUT2D eigenvalue weighted by Gasteiger charge is 2.08. The molecule has 0 amide bonds. The third kappa shape index (κ3) is 5.08. The number of rotatable bonds is 6. The smallest absolute Gasteiger partial charge is 0.265 e. The molecule has 0 aliphatic carbocycles. The molecule has 0 radical (unpaired) electrons. The van der Waals surface area contributed by atoms with E-state index in [4.69, 9.17) is 19.6 Å². The molecule has 0 spiro atoms. The summed E-state index contributed by atoms with van der Waals surface area (Å²) in [6, 6.07) is 18.8. The molecule has 0 heterocycles. The van der Waals surface area contributed by atoms with Crippen LogP contribution < -0.4 is 0 Å². The van der Waals surface area contributed by atoms with Gasteiger partial charge in [-0.05, 0) is 11.1 Å². The lowest BCUT2D eigenvalue weighted by Crippen LogP contribution is -2.08. The van der Waals surface area contributed by atoms with Gasteiger partial charge in [0.2, 0.25) is 0 Å². The Hall–Kier alpha value is -1.27. The highest BCUT2D eigenvalue weighted by Crippen LogP contribution is 2.09. The van der Waals surface area contributed by atoms with Gasteiger partial charge >= 0.3 is 0 Å². The number of hydrogen-bond acceptors (Lipinski definition) is 4. The maximum Gasteiger partial charge on any atom is 0.269 e. The van der Waals surface area contributed by atoms with Crippen molar-refractivity contribution < 1.29 is 12.6 Å². The SMILES string of the molecule is O=S(=S)(OCc1ccccc1)OCc1ccccc1. The van der Waals surface area contributed by atoms with Crippen molar-refractivity contribution in [3.8, 4) is 0 Å². The first-order valence-corrected chi connectivity index (χ1v) is 8.11. The van der Waals surface area contributed by atoms with E-state index in [1.54, 1.807) is 0 Å². The van der Waals surface area contributed by atoms with Gasteiger partial charge in [-0.15, -0.1) is 0 Å². The summed E-state index contributed by atoms with van der Waals surface area (Å²) >= 11 is 4.82. The average molecular weight is 294 g/mol. The zero-order chi connectivity index (χ0) is 13.6. The molecule has 2 aromatic carbocycles. The Morgan fingerprint density at radius 1 is 0.789 bits per heavy atom. The molecule has 2 aromatic rings. The second-order valence-corrected chi connectivity index (χ2v) is 6.42.